The Balaban J connectivity index is 2.34. The largest absolute Gasteiger partial charge is 0.253 e. The third-order valence-corrected chi connectivity index (χ3v) is 4.11. The van der Waals surface area contributed by atoms with E-state index in [1.807, 2.05) is 12.3 Å². The molecule has 3 rings (SSSR count). The number of hydrogen-bond acceptors (Lipinski definition) is 1. The van der Waals surface area contributed by atoms with Gasteiger partial charge < -0.3 is 0 Å². The van der Waals surface area contributed by atoms with Gasteiger partial charge in [0, 0.05) is 16.6 Å². The van der Waals surface area contributed by atoms with Gasteiger partial charge in [-0.25, -0.2) is 4.39 Å². The second-order valence-corrected chi connectivity index (χ2v) is 6.08. The zero-order valence-electron chi connectivity index (χ0n) is 11.7. The molecule has 2 aromatic rings. The lowest BCUT2D eigenvalue weighted by Crippen LogP contribution is -2.00. The summed E-state index contributed by atoms with van der Waals surface area (Å²) in [5.74, 6) is -0.0452. The maximum Gasteiger partial charge on any atom is 0.150 e. The summed E-state index contributed by atoms with van der Waals surface area (Å²) in [5.41, 5.74) is 4.07. The van der Waals surface area contributed by atoms with Gasteiger partial charge in [-0.3, -0.25) is 4.98 Å². The molecule has 0 aliphatic heterocycles. The van der Waals surface area contributed by atoms with Crippen LogP contribution in [0.2, 0.25) is 5.02 Å². The van der Waals surface area contributed by atoms with Crippen molar-refractivity contribution < 1.29 is 4.39 Å². The quantitative estimate of drug-likeness (QED) is 0.689. The van der Waals surface area contributed by atoms with E-state index in [0.29, 0.717) is 16.5 Å². The monoisotopic (exact) mass is 289 g/mol. The highest BCUT2D eigenvalue weighted by Gasteiger charge is 2.19. The molecule has 0 saturated carbocycles. The van der Waals surface area contributed by atoms with Crippen molar-refractivity contribution in [3.63, 3.8) is 0 Å². The van der Waals surface area contributed by atoms with Gasteiger partial charge in [-0.05, 0) is 54.0 Å². The van der Waals surface area contributed by atoms with E-state index >= 15 is 0 Å². The van der Waals surface area contributed by atoms with Crippen LogP contribution in [0.3, 0.4) is 0 Å². The first-order valence-corrected chi connectivity index (χ1v) is 7.42. The molecular weight excluding hydrogens is 273 g/mol. The molecule has 1 heterocycles. The summed E-state index contributed by atoms with van der Waals surface area (Å²) < 4.78 is 14.0. The van der Waals surface area contributed by atoms with Crippen molar-refractivity contribution in [3.8, 4) is 0 Å². The Bertz CT molecular complexity index is 704. The summed E-state index contributed by atoms with van der Waals surface area (Å²) in [6.07, 6.45) is 7.49. The van der Waals surface area contributed by atoms with Crippen LogP contribution < -0.4 is 0 Å². The topological polar surface area (TPSA) is 12.9 Å². The van der Waals surface area contributed by atoms with Crippen molar-refractivity contribution in [1.82, 2.24) is 4.98 Å². The van der Waals surface area contributed by atoms with E-state index in [1.54, 1.807) is 0 Å². The zero-order valence-corrected chi connectivity index (χ0v) is 12.5. The minimum Gasteiger partial charge on any atom is -0.253 e. The molecule has 1 aliphatic rings. The first-order valence-electron chi connectivity index (χ1n) is 7.05. The van der Waals surface area contributed by atoms with Crippen LogP contribution in [0, 0.1) is 5.82 Å². The molecule has 1 nitrogen and oxygen atoms in total. The van der Waals surface area contributed by atoms with Gasteiger partial charge in [0.2, 0.25) is 0 Å². The average molecular weight is 290 g/mol. The van der Waals surface area contributed by atoms with E-state index in [9.17, 15) is 4.39 Å². The van der Waals surface area contributed by atoms with Crippen molar-refractivity contribution >= 4 is 28.1 Å². The Morgan fingerprint density at radius 3 is 2.75 bits per heavy atom. The van der Waals surface area contributed by atoms with Crippen LogP contribution in [-0.4, -0.2) is 4.98 Å². The molecule has 0 fully saturated rings. The van der Waals surface area contributed by atoms with E-state index in [-0.39, 0.29) is 5.82 Å². The Labute approximate surface area is 123 Å². The van der Waals surface area contributed by atoms with E-state index in [0.717, 1.165) is 29.4 Å². The highest BCUT2D eigenvalue weighted by atomic mass is 35.5. The van der Waals surface area contributed by atoms with Gasteiger partial charge in [0.1, 0.15) is 5.52 Å². The molecule has 104 valence electrons. The lowest BCUT2D eigenvalue weighted by molar-refractivity contribution is 0.636. The number of rotatable bonds is 2. The second kappa shape index (κ2) is 5.17. The smallest absolute Gasteiger partial charge is 0.150 e. The Kier molecular flexibility index (Phi) is 3.51. The van der Waals surface area contributed by atoms with Crippen LogP contribution in [0.5, 0.6) is 0 Å². The molecule has 3 heteroatoms. The predicted octanol–water partition coefficient (Wildman–Crippen LogP) is 5.72. The lowest BCUT2D eigenvalue weighted by Gasteiger charge is -2.17. The van der Waals surface area contributed by atoms with E-state index < -0.39 is 0 Å². The first-order chi connectivity index (χ1) is 9.58. The maximum absolute atomic E-state index is 14.0. The highest BCUT2D eigenvalue weighted by Crippen LogP contribution is 2.37. The highest BCUT2D eigenvalue weighted by molar-refractivity contribution is 6.31. The summed E-state index contributed by atoms with van der Waals surface area (Å²) in [5, 5.41) is 1.27. The van der Waals surface area contributed by atoms with Crippen molar-refractivity contribution in [2.24, 2.45) is 0 Å². The molecular formula is C17H17ClFN. The molecule has 0 amide bonds. The van der Waals surface area contributed by atoms with Crippen LogP contribution in [0.1, 0.15) is 50.2 Å². The summed E-state index contributed by atoms with van der Waals surface area (Å²) in [6, 6.07) is 3.16. The van der Waals surface area contributed by atoms with Gasteiger partial charge in [-0.2, -0.15) is 0 Å². The van der Waals surface area contributed by atoms with Gasteiger partial charge in [-0.15, -0.1) is 0 Å². The molecule has 0 radical (unpaired) electrons. The standard InChI is InChI=1S/C17H17ClFN/c1-10(2)16-13-7-12(18)8-15(19)17(13)20-9-14(16)11-5-3-4-6-11/h5,7-10H,3-4,6H2,1-2H3. The molecule has 0 saturated heterocycles. The van der Waals surface area contributed by atoms with Gasteiger partial charge in [0.05, 0.1) is 0 Å². The van der Waals surface area contributed by atoms with Gasteiger partial charge in [0.25, 0.3) is 0 Å². The normalized spacial score (nSPS) is 15.2. The summed E-state index contributed by atoms with van der Waals surface area (Å²) in [6.45, 7) is 4.26. The van der Waals surface area contributed by atoms with Crippen molar-refractivity contribution in [1.29, 1.82) is 0 Å². The number of allylic oxidation sites excluding steroid dienone is 2. The number of fused-ring (bicyclic) bond motifs is 1. The SMILES string of the molecule is CC(C)c1c(C2=CCCC2)cnc2c(F)cc(Cl)cc12. The number of benzene rings is 1. The molecule has 0 spiro atoms. The first kappa shape index (κ1) is 13.6. The lowest BCUT2D eigenvalue weighted by atomic mass is 9.90. The van der Waals surface area contributed by atoms with Crippen molar-refractivity contribution in [2.45, 2.75) is 39.0 Å². The fourth-order valence-electron chi connectivity index (χ4n) is 3.04. The minimum atomic E-state index is -0.346. The van der Waals surface area contributed by atoms with E-state index in [1.165, 1.54) is 18.1 Å². The van der Waals surface area contributed by atoms with Gasteiger partial charge >= 0.3 is 0 Å². The molecule has 1 aliphatic carbocycles. The Morgan fingerprint density at radius 1 is 1.30 bits per heavy atom. The third-order valence-electron chi connectivity index (χ3n) is 3.90. The molecule has 1 aromatic carbocycles. The minimum absolute atomic E-state index is 0.301. The molecule has 0 bridgehead atoms. The predicted molar refractivity (Wildman–Crippen MR) is 82.6 cm³/mol. The average Bonchev–Trinajstić information content (AvgIpc) is 2.90. The van der Waals surface area contributed by atoms with Crippen LogP contribution in [0.25, 0.3) is 16.5 Å². The molecule has 0 N–H and O–H groups in total. The van der Waals surface area contributed by atoms with Crippen LogP contribution in [0.15, 0.2) is 24.4 Å². The zero-order chi connectivity index (χ0) is 14.3. The van der Waals surface area contributed by atoms with Crippen LogP contribution in [-0.2, 0) is 0 Å². The number of aromatic nitrogens is 1. The number of nitrogens with zero attached hydrogens (tertiary/aromatic N) is 1. The molecule has 0 atom stereocenters. The summed E-state index contributed by atoms with van der Waals surface area (Å²) in [4.78, 5) is 4.33. The molecule has 20 heavy (non-hydrogen) atoms. The number of pyridine rings is 1. The molecule has 1 aromatic heterocycles. The Morgan fingerprint density at radius 2 is 2.10 bits per heavy atom. The summed E-state index contributed by atoms with van der Waals surface area (Å²) in [7, 11) is 0. The summed E-state index contributed by atoms with van der Waals surface area (Å²) >= 11 is 6.03. The number of hydrogen-bond donors (Lipinski definition) is 0. The maximum atomic E-state index is 14.0. The van der Waals surface area contributed by atoms with Gasteiger partial charge in [0.15, 0.2) is 5.82 Å². The van der Waals surface area contributed by atoms with Crippen molar-refractivity contribution in [2.75, 3.05) is 0 Å². The number of halogens is 2. The Hall–Kier alpha value is -1.41. The van der Waals surface area contributed by atoms with Gasteiger partial charge in [-0.1, -0.05) is 31.5 Å². The third kappa shape index (κ3) is 2.22. The van der Waals surface area contributed by atoms with E-state index in [4.69, 9.17) is 11.6 Å². The van der Waals surface area contributed by atoms with E-state index in [2.05, 4.69) is 24.9 Å². The fourth-order valence-corrected chi connectivity index (χ4v) is 3.24. The van der Waals surface area contributed by atoms with Crippen molar-refractivity contribution in [3.05, 3.63) is 46.4 Å². The second-order valence-electron chi connectivity index (χ2n) is 5.65. The fraction of sp³-hybridized carbons (Fsp3) is 0.353. The van der Waals surface area contributed by atoms with Crippen LogP contribution >= 0.6 is 11.6 Å². The molecule has 0 unspecified atom stereocenters. The van der Waals surface area contributed by atoms with Crippen LogP contribution in [0.4, 0.5) is 4.39 Å².